The Labute approximate surface area is 82.7 Å². The molecule has 14 heavy (non-hydrogen) atoms. The van der Waals surface area contributed by atoms with Crippen molar-refractivity contribution in [1.82, 2.24) is 5.16 Å². The second-order valence-corrected chi connectivity index (χ2v) is 3.26. The Morgan fingerprint density at radius 1 is 1.64 bits per heavy atom. The van der Waals surface area contributed by atoms with Crippen LogP contribution < -0.4 is 5.73 Å². The lowest BCUT2D eigenvalue weighted by atomic mass is 10.0. The van der Waals surface area contributed by atoms with Crippen LogP contribution >= 0.6 is 0 Å². The number of anilines is 1. The van der Waals surface area contributed by atoms with Crippen LogP contribution in [0.4, 0.5) is 5.69 Å². The Bertz CT molecular complexity index is 514. The second kappa shape index (κ2) is 2.99. The number of aryl methyl sites for hydroxylation is 1. The molecule has 1 aromatic carbocycles. The molecule has 2 rings (SSSR count). The van der Waals surface area contributed by atoms with Crippen LogP contribution in [0.1, 0.15) is 25.6 Å². The fourth-order valence-corrected chi connectivity index (χ4v) is 1.51. The summed E-state index contributed by atoms with van der Waals surface area (Å²) in [6.45, 7) is 3.14. The predicted octanol–water partition coefficient (Wildman–Crippen LogP) is 1.77. The van der Waals surface area contributed by atoms with Crippen molar-refractivity contribution in [2.24, 2.45) is 0 Å². The van der Waals surface area contributed by atoms with Crippen LogP contribution in [0.25, 0.3) is 11.0 Å². The van der Waals surface area contributed by atoms with Gasteiger partial charge >= 0.3 is 0 Å². The molecule has 1 aromatic heterocycles. The van der Waals surface area contributed by atoms with Gasteiger partial charge in [0.2, 0.25) is 0 Å². The number of hydrogen-bond acceptors (Lipinski definition) is 4. The van der Waals surface area contributed by atoms with Gasteiger partial charge in [-0.05, 0) is 26.0 Å². The molecular formula is C10H12N2O2. The molecule has 0 fully saturated rings. The minimum atomic E-state index is -1.78. The van der Waals surface area contributed by atoms with Crippen molar-refractivity contribution >= 4 is 16.7 Å². The topological polar surface area (TPSA) is 72.3 Å². The Hall–Kier alpha value is -1.55. The Morgan fingerprint density at radius 3 is 3.00 bits per heavy atom. The first-order chi connectivity index (χ1) is 6.91. The zero-order chi connectivity index (χ0) is 11.2. The van der Waals surface area contributed by atoms with Gasteiger partial charge in [0.1, 0.15) is 0 Å². The lowest BCUT2D eigenvalue weighted by molar-refractivity contribution is 0.199. The third-order valence-corrected chi connectivity index (χ3v) is 2.22. The summed E-state index contributed by atoms with van der Waals surface area (Å²) in [6, 6.07) is 3.41. The van der Waals surface area contributed by atoms with Crippen molar-refractivity contribution in [3.63, 3.8) is 0 Å². The van der Waals surface area contributed by atoms with E-state index in [9.17, 15) is 5.11 Å². The molecule has 0 aliphatic heterocycles. The van der Waals surface area contributed by atoms with Gasteiger partial charge in [0.15, 0.2) is 5.58 Å². The van der Waals surface area contributed by atoms with E-state index in [2.05, 4.69) is 5.16 Å². The molecule has 2 aromatic rings. The lowest BCUT2D eigenvalue weighted by Gasteiger charge is -2.07. The van der Waals surface area contributed by atoms with Gasteiger partial charge in [0, 0.05) is 16.6 Å². The van der Waals surface area contributed by atoms with E-state index >= 15 is 0 Å². The molecule has 0 amide bonds. The quantitative estimate of drug-likeness (QED) is 0.677. The maximum absolute atomic E-state index is 9.68. The number of nitrogens with zero attached hydrogens (tertiary/aromatic N) is 1. The number of fused-ring (bicyclic) bond motifs is 1. The van der Waals surface area contributed by atoms with Crippen LogP contribution in [0, 0.1) is 6.92 Å². The highest BCUT2D eigenvalue weighted by Crippen LogP contribution is 2.30. The van der Waals surface area contributed by atoms with E-state index in [0.29, 0.717) is 11.3 Å². The third kappa shape index (κ3) is 1.15. The summed E-state index contributed by atoms with van der Waals surface area (Å²) in [7, 11) is 0. The molecule has 0 spiro atoms. The summed E-state index contributed by atoms with van der Waals surface area (Å²) in [5, 5.41) is 14.2. The van der Waals surface area contributed by atoms with Gasteiger partial charge in [-0.25, -0.2) is 0 Å². The van der Waals surface area contributed by atoms with Gasteiger partial charge in [-0.15, -0.1) is 0 Å². The molecule has 74 valence electrons. The monoisotopic (exact) mass is 193 g/mol. The Morgan fingerprint density at radius 2 is 2.36 bits per heavy atom. The van der Waals surface area contributed by atoms with Crippen LogP contribution in [0.15, 0.2) is 16.7 Å². The number of rotatable bonds is 1. The number of nitrogen functional groups attached to an aromatic ring is 1. The lowest BCUT2D eigenvalue weighted by Crippen LogP contribution is -1.98. The second-order valence-electron chi connectivity index (χ2n) is 3.26. The SMILES string of the molecule is [2H]C(C)(O)c1c(N)ccc2c(C)noc12. The highest BCUT2D eigenvalue weighted by Gasteiger charge is 2.15. The van der Waals surface area contributed by atoms with Gasteiger partial charge in [0.05, 0.1) is 13.1 Å². The van der Waals surface area contributed by atoms with Gasteiger partial charge in [-0.2, -0.15) is 0 Å². The van der Waals surface area contributed by atoms with Gasteiger partial charge in [-0.1, -0.05) is 5.16 Å². The van der Waals surface area contributed by atoms with Crippen molar-refractivity contribution < 1.29 is 11.0 Å². The average molecular weight is 193 g/mol. The maximum atomic E-state index is 9.68. The highest BCUT2D eigenvalue weighted by molar-refractivity contribution is 5.86. The molecule has 0 radical (unpaired) electrons. The van der Waals surface area contributed by atoms with Crippen LogP contribution in [0.5, 0.6) is 0 Å². The van der Waals surface area contributed by atoms with Crippen LogP contribution in [0.3, 0.4) is 0 Å². The molecule has 1 atom stereocenters. The fraction of sp³-hybridized carbons (Fsp3) is 0.300. The summed E-state index contributed by atoms with van der Waals surface area (Å²) >= 11 is 0. The molecule has 4 heteroatoms. The van der Waals surface area contributed by atoms with E-state index < -0.39 is 6.08 Å². The Balaban J connectivity index is 2.87. The van der Waals surface area contributed by atoms with Crippen LogP contribution in [-0.2, 0) is 0 Å². The summed E-state index contributed by atoms with van der Waals surface area (Å²) in [4.78, 5) is 0. The third-order valence-electron chi connectivity index (χ3n) is 2.22. The van der Waals surface area contributed by atoms with E-state index in [4.69, 9.17) is 11.6 Å². The van der Waals surface area contributed by atoms with Crippen molar-refractivity contribution in [3.05, 3.63) is 23.4 Å². The zero-order valence-corrected chi connectivity index (χ0v) is 8.03. The van der Waals surface area contributed by atoms with Gasteiger partial charge in [0.25, 0.3) is 0 Å². The molecule has 0 aliphatic carbocycles. The summed E-state index contributed by atoms with van der Waals surface area (Å²) in [5.41, 5.74) is 7.41. The number of aliphatic hydroxyl groups is 1. The first kappa shape index (κ1) is 7.82. The minimum Gasteiger partial charge on any atom is -0.398 e. The summed E-state index contributed by atoms with van der Waals surface area (Å²) in [6.07, 6.45) is -1.78. The van der Waals surface area contributed by atoms with E-state index in [1.165, 1.54) is 6.92 Å². The number of nitrogens with two attached hydrogens (primary N) is 1. The first-order valence-corrected chi connectivity index (χ1v) is 4.28. The molecule has 4 nitrogen and oxygen atoms in total. The molecule has 0 saturated heterocycles. The summed E-state index contributed by atoms with van der Waals surface area (Å²) in [5.74, 6) is 0. The van der Waals surface area contributed by atoms with Crippen molar-refractivity contribution in [3.8, 4) is 0 Å². The normalized spacial score (nSPS) is 16.6. The molecule has 1 heterocycles. The molecular weight excluding hydrogens is 180 g/mol. The highest BCUT2D eigenvalue weighted by atomic mass is 16.5. The van der Waals surface area contributed by atoms with Crippen LogP contribution in [0.2, 0.25) is 0 Å². The standard InChI is InChI=1S/C10H12N2O2/c1-5-7-3-4-8(11)9(6(2)13)10(7)14-12-5/h3-4,6,13H,11H2,1-2H3/i6D. The zero-order valence-electron chi connectivity index (χ0n) is 9.03. The van der Waals surface area contributed by atoms with Crippen molar-refractivity contribution in [2.45, 2.75) is 19.9 Å². The smallest absolute Gasteiger partial charge is 0.174 e. The number of aromatic nitrogens is 1. The number of benzene rings is 1. The Kier molecular flexibility index (Phi) is 1.67. The van der Waals surface area contributed by atoms with Gasteiger partial charge in [-0.3, -0.25) is 0 Å². The minimum absolute atomic E-state index is 0.264. The van der Waals surface area contributed by atoms with E-state index in [0.717, 1.165) is 11.1 Å². The first-order valence-electron chi connectivity index (χ1n) is 4.78. The predicted molar refractivity (Wildman–Crippen MR) is 53.8 cm³/mol. The molecule has 0 aliphatic rings. The molecule has 0 saturated carbocycles. The van der Waals surface area contributed by atoms with Crippen LogP contribution in [-0.4, -0.2) is 10.3 Å². The van der Waals surface area contributed by atoms with E-state index in [-0.39, 0.29) is 5.56 Å². The van der Waals surface area contributed by atoms with Gasteiger partial charge < -0.3 is 15.4 Å². The summed E-state index contributed by atoms with van der Waals surface area (Å²) < 4.78 is 12.7. The van der Waals surface area contributed by atoms with Crippen molar-refractivity contribution in [2.75, 3.05) is 5.73 Å². The molecule has 1 unspecified atom stereocenters. The fourth-order valence-electron chi connectivity index (χ4n) is 1.51. The van der Waals surface area contributed by atoms with Crippen molar-refractivity contribution in [1.29, 1.82) is 0 Å². The maximum Gasteiger partial charge on any atom is 0.174 e. The van der Waals surface area contributed by atoms with E-state index in [1.54, 1.807) is 19.1 Å². The van der Waals surface area contributed by atoms with E-state index in [1.807, 2.05) is 0 Å². The average Bonchev–Trinajstić information content (AvgIpc) is 2.45. The molecule has 3 N–H and O–H groups in total. The molecule has 0 bridgehead atoms. The number of hydrogen-bond donors (Lipinski definition) is 2. The largest absolute Gasteiger partial charge is 0.398 e.